The molecule has 0 saturated carbocycles. The highest BCUT2D eigenvalue weighted by molar-refractivity contribution is 5.89. The summed E-state index contributed by atoms with van der Waals surface area (Å²) in [5, 5.41) is 15.3. The number of hydrogen-bond acceptors (Lipinski definition) is 5. The molecule has 4 aromatic rings. The van der Waals surface area contributed by atoms with Gasteiger partial charge in [-0.2, -0.15) is 0 Å². The van der Waals surface area contributed by atoms with Gasteiger partial charge in [-0.05, 0) is 48.4 Å². The molecule has 0 aliphatic carbocycles. The van der Waals surface area contributed by atoms with E-state index in [1.54, 1.807) is 0 Å². The first kappa shape index (κ1) is 30.4. The number of hydrogen-bond donors (Lipinski definition) is 3. The highest BCUT2D eigenvalue weighted by Gasteiger charge is 2.39. The summed E-state index contributed by atoms with van der Waals surface area (Å²) in [4.78, 5) is 14.8. The van der Waals surface area contributed by atoms with Crippen molar-refractivity contribution in [1.82, 2.24) is 10.2 Å². The number of nitrogens with zero attached hydrogens (tertiary/aromatic N) is 1. The Morgan fingerprint density at radius 1 is 0.837 bits per heavy atom. The van der Waals surface area contributed by atoms with E-state index in [2.05, 4.69) is 60.7 Å². The molecule has 7 nitrogen and oxygen atoms in total. The van der Waals surface area contributed by atoms with Gasteiger partial charge >= 0.3 is 6.03 Å². The molecule has 1 aliphatic heterocycles. The normalized spacial score (nSPS) is 20.9. The predicted molar refractivity (Wildman–Crippen MR) is 169 cm³/mol. The van der Waals surface area contributed by atoms with Crippen LogP contribution in [0.3, 0.4) is 0 Å². The molecular weight excluding hydrogens is 538 g/mol. The van der Waals surface area contributed by atoms with E-state index in [0.29, 0.717) is 12.2 Å². The predicted octanol–water partition coefficient (Wildman–Crippen LogP) is 6.99. The summed E-state index contributed by atoms with van der Waals surface area (Å²) in [5.74, 6) is 0.0795. The maximum atomic E-state index is 12.5. The van der Waals surface area contributed by atoms with Gasteiger partial charge in [0.15, 0.2) is 6.29 Å². The molecule has 5 unspecified atom stereocenters. The van der Waals surface area contributed by atoms with Crippen LogP contribution in [0.1, 0.15) is 60.1 Å². The summed E-state index contributed by atoms with van der Waals surface area (Å²) in [6.07, 6.45) is -0.873. The molecule has 0 radical (unpaired) electrons. The van der Waals surface area contributed by atoms with Crippen LogP contribution in [0.5, 0.6) is 0 Å². The maximum absolute atomic E-state index is 12.5. The molecule has 4 aromatic carbocycles. The number of aliphatic hydroxyl groups is 1. The van der Waals surface area contributed by atoms with Crippen molar-refractivity contribution < 1.29 is 19.4 Å². The number of ether oxygens (including phenoxy) is 2. The van der Waals surface area contributed by atoms with E-state index >= 15 is 0 Å². The zero-order chi connectivity index (χ0) is 30.2. The lowest BCUT2D eigenvalue weighted by Crippen LogP contribution is -2.44. The van der Waals surface area contributed by atoms with Crippen molar-refractivity contribution in [1.29, 1.82) is 0 Å². The van der Waals surface area contributed by atoms with Gasteiger partial charge in [0.25, 0.3) is 0 Å². The summed E-state index contributed by atoms with van der Waals surface area (Å²) >= 11 is 0. The van der Waals surface area contributed by atoms with E-state index in [1.807, 2.05) is 84.9 Å². The quantitative estimate of drug-likeness (QED) is 0.189. The van der Waals surface area contributed by atoms with Gasteiger partial charge in [-0.3, -0.25) is 4.90 Å². The lowest BCUT2D eigenvalue weighted by Gasteiger charge is -2.43. The minimum Gasteiger partial charge on any atom is -0.392 e. The van der Waals surface area contributed by atoms with E-state index in [0.717, 1.165) is 28.8 Å². The zero-order valence-electron chi connectivity index (χ0n) is 25.0. The van der Waals surface area contributed by atoms with E-state index in [1.165, 1.54) is 5.56 Å². The van der Waals surface area contributed by atoms with Crippen LogP contribution in [0, 0.1) is 5.92 Å². The molecule has 224 valence electrons. The van der Waals surface area contributed by atoms with Crippen molar-refractivity contribution in [2.45, 2.75) is 51.5 Å². The molecule has 1 aliphatic rings. The highest BCUT2D eigenvalue weighted by Crippen LogP contribution is 2.42. The van der Waals surface area contributed by atoms with Gasteiger partial charge in [0.05, 0.1) is 18.8 Å². The fourth-order valence-electron chi connectivity index (χ4n) is 5.43. The number of aliphatic hydroxyl groups excluding tert-OH is 1. The smallest absolute Gasteiger partial charge is 0.319 e. The van der Waals surface area contributed by atoms with Crippen molar-refractivity contribution in [3.63, 3.8) is 0 Å². The van der Waals surface area contributed by atoms with Gasteiger partial charge < -0.3 is 25.2 Å². The third kappa shape index (κ3) is 7.89. The van der Waals surface area contributed by atoms with Crippen molar-refractivity contribution in [3.8, 4) is 0 Å². The molecule has 0 bridgehead atoms. The molecule has 3 N–H and O–H groups in total. The summed E-state index contributed by atoms with van der Waals surface area (Å²) in [7, 11) is 2.13. The average molecular weight is 580 g/mol. The van der Waals surface area contributed by atoms with Crippen molar-refractivity contribution in [2.24, 2.45) is 5.92 Å². The van der Waals surface area contributed by atoms with Crippen LogP contribution in [0.15, 0.2) is 109 Å². The lowest BCUT2D eigenvalue weighted by atomic mass is 9.89. The molecule has 5 atom stereocenters. The molecule has 7 heteroatoms. The fraction of sp³-hybridized carbons (Fsp3) is 0.306. The molecular formula is C36H41N3O4. The minimum atomic E-state index is -0.579. The number of rotatable bonds is 10. The summed E-state index contributed by atoms with van der Waals surface area (Å²) in [5.41, 5.74) is 5.77. The number of nitrogens with one attached hydrogen (secondary N) is 2. The SMILES string of the molecule is CC1C(CN(C)C(C)c2ccccc2)OC(c2ccc(NC(=O)NCc3ccccc3)cc2)OC1c1ccc(CO)cc1. The molecule has 1 heterocycles. The van der Waals surface area contributed by atoms with Crippen molar-refractivity contribution >= 4 is 11.7 Å². The highest BCUT2D eigenvalue weighted by atomic mass is 16.7. The zero-order valence-corrected chi connectivity index (χ0v) is 25.0. The van der Waals surface area contributed by atoms with E-state index < -0.39 is 6.29 Å². The average Bonchev–Trinajstić information content (AvgIpc) is 3.05. The number of benzene rings is 4. The number of carbonyl (C=O) groups excluding carboxylic acids is 1. The Bertz CT molecular complexity index is 1430. The molecule has 0 aromatic heterocycles. The van der Waals surface area contributed by atoms with E-state index in [-0.39, 0.29) is 36.8 Å². The fourth-order valence-corrected chi connectivity index (χ4v) is 5.43. The topological polar surface area (TPSA) is 83.1 Å². The van der Waals surface area contributed by atoms with Gasteiger partial charge in [-0.15, -0.1) is 0 Å². The second kappa shape index (κ2) is 14.4. The molecule has 2 amide bonds. The first-order valence-corrected chi connectivity index (χ1v) is 14.9. The van der Waals surface area contributed by atoms with Crippen LogP contribution in [0.4, 0.5) is 10.5 Å². The van der Waals surface area contributed by atoms with Crippen LogP contribution in [-0.4, -0.2) is 35.7 Å². The Labute approximate surface area is 254 Å². The molecule has 1 fully saturated rings. The van der Waals surface area contributed by atoms with Gasteiger partial charge in [-0.1, -0.05) is 104 Å². The molecule has 43 heavy (non-hydrogen) atoms. The van der Waals surface area contributed by atoms with Crippen LogP contribution in [-0.2, 0) is 22.6 Å². The summed E-state index contributed by atoms with van der Waals surface area (Å²) < 4.78 is 13.2. The van der Waals surface area contributed by atoms with Crippen molar-refractivity contribution in [2.75, 3.05) is 18.9 Å². The van der Waals surface area contributed by atoms with Crippen LogP contribution < -0.4 is 10.6 Å². The Morgan fingerprint density at radius 2 is 1.47 bits per heavy atom. The third-order valence-corrected chi connectivity index (χ3v) is 8.27. The largest absolute Gasteiger partial charge is 0.392 e. The number of anilines is 1. The third-order valence-electron chi connectivity index (χ3n) is 8.27. The van der Waals surface area contributed by atoms with Crippen LogP contribution in [0.2, 0.25) is 0 Å². The monoisotopic (exact) mass is 579 g/mol. The summed E-state index contributed by atoms with van der Waals surface area (Å²) in [6, 6.07) is 35.8. The van der Waals surface area contributed by atoms with Gasteiger partial charge in [0.2, 0.25) is 0 Å². The lowest BCUT2D eigenvalue weighted by molar-refractivity contribution is -0.276. The van der Waals surface area contributed by atoms with Crippen LogP contribution in [0.25, 0.3) is 0 Å². The number of urea groups is 1. The van der Waals surface area contributed by atoms with E-state index in [4.69, 9.17) is 9.47 Å². The van der Waals surface area contributed by atoms with E-state index in [9.17, 15) is 9.90 Å². The summed E-state index contributed by atoms with van der Waals surface area (Å²) in [6.45, 7) is 5.56. The minimum absolute atomic E-state index is 0.00253. The standard InChI is InChI=1S/C36H41N3O4/c1-25-33(23-39(3)26(2)29-12-8-5-9-13-29)42-35(43-34(25)30-16-14-28(24-40)15-17-30)31-18-20-32(21-19-31)38-36(41)37-22-27-10-6-4-7-11-27/h4-21,25-26,33-35,40H,22-24H2,1-3H3,(H2,37,38,41). The van der Waals surface area contributed by atoms with Gasteiger partial charge in [0.1, 0.15) is 0 Å². The van der Waals surface area contributed by atoms with Crippen molar-refractivity contribution in [3.05, 3.63) is 137 Å². The number of amides is 2. The van der Waals surface area contributed by atoms with Gasteiger partial charge in [-0.25, -0.2) is 4.79 Å². The van der Waals surface area contributed by atoms with Crippen LogP contribution >= 0.6 is 0 Å². The second-order valence-corrected chi connectivity index (χ2v) is 11.3. The van der Waals surface area contributed by atoms with Gasteiger partial charge in [0, 0.05) is 36.3 Å². The molecule has 0 spiro atoms. The second-order valence-electron chi connectivity index (χ2n) is 11.3. The molecule has 5 rings (SSSR count). The number of likely N-dealkylation sites (N-methyl/N-ethyl adjacent to an activating group) is 1. The Morgan fingerprint density at radius 3 is 2.12 bits per heavy atom. The maximum Gasteiger partial charge on any atom is 0.319 e. The first-order chi connectivity index (χ1) is 20.9. The Balaban J connectivity index is 1.30. The Kier molecular flexibility index (Phi) is 10.2. The first-order valence-electron chi connectivity index (χ1n) is 14.9. The molecule has 1 saturated heterocycles. The number of carbonyl (C=O) groups is 1. The Hall–Kier alpha value is -4.01.